The molecule has 2 heterocycles. The molecule has 6 heteroatoms. The molecule has 0 unspecified atom stereocenters. The lowest BCUT2D eigenvalue weighted by Gasteiger charge is -2.17. The lowest BCUT2D eigenvalue weighted by atomic mass is 9.96. The fraction of sp³-hybridized carbons (Fsp3) is 0.533. The Hall–Kier alpha value is -1.69. The first-order chi connectivity index (χ1) is 9.77. The van der Waals surface area contributed by atoms with Crippen LogP contribution < -0.4 is 5.32 Å². The fourth-order valence-electron chi connectivity index (χ4n) is 1.90. The highest BCUT2D eigenvalue weighted by Crippen LogP contribution is 2.17. The number of nitrogens with one attached hydrogen (secondary N) is 1. The number of thiazole rings is 1. The molecular formula is C15H22N4OS. The molecule has 0 atom stereocenters. The van der Waals surface area contributed by atoms with Crippen LogP contribution in [0.3, 0.4) is 0 Å². The molecule has 2 rings (SSSR count). The molecule has 0 aromatic carbocycles. The van der Waals surface area contributed by atoms with Crippen LogP contribution in [0, 0.1) is 19.3 Å². The van der Waals surface area contributed by atoms with E-state index in [1.165, 1.54) is 0 Å². The number of carbonyl (C=O) groups is 1. The van der Waals surface area contributed by atoms with Gasteiger partial charge in [-0.3, -0.25) is 4.79 Å². The van der Waals surface area contributed by atoms with E-state index in [-0.39, 0.29) is 11.3 Å². The molecule has 0 spiro atoms. The molecule has 0 fully saturated rings. The van der Waals surface area contributed by atoms with Crippen LogP contribution in [0.4, 0.5) is 0 Å². The summed E-state index contributed by atoms with van der Waals surface area (Å²) in [4.78, 5) is 16.4. The van der Waals surface area contributed by atoms with Gasteiger partial charge in [-0.25, -0.2) is 9.67 Å². The largest absolute Gasteiger partial charge is 0.355 e. The van der Waals surface area contributed by atoms with Gasteiger partial charge in [0.1, 0.15) is 0 Å². The van der Waals surface area contributed by atoms with Crippen LogP contribution in [0.2, 0.25) is 0 Å². The molecule has 21 heavy (non-hydrogen) atoms. The van der Waals surface area contributed by atoms with E-state index >= 15 is 0 Å². The Morgan fingerprint density at radius 3 is 2.67 bits per heavy atom. The van der Waals surface area contributed by atoms with Crippen molar-refractivity contribution in [3.63, 3.8) is 0 Å². The monoisotopic (exact) mass is 306 g/mol. The number of rotatable bonds is 4. The van der Waals surface area contributed by atoms with Crippen molar-refractivity contribution in [2.24, 2.45) is 5.41 Å². The molecule has 114 valence electrons. The molecule has 0 aliphatic carbocycles. The molecular weight excluding hydrogens is 284 g/mol. The van der Waals surface area contributed by atoms with Gasteiger partial charge in [-0.15, -0.1) is 11.3 Å². The average Bonchev–Trinajstić information content (AvgIpc) is 2.94. The Morgan fingerprint density at radius 1 is 1.38 bits per heavy atom. The predicted molar refractivity (Wildman–Crippen MR) is 84.9 cm³/mol. The van der Waals surface area contributed by atoms with Crippen LogP contribution in [0.5, 0.6) is 0 Å². The van der Waals surface area contributed by atoms with E-state index in [4.69, 9.17) is 0 Å². The normalized spacial score (nSPS) is 11.7. The first-order valence-electron chi connectivity index (χ1n) is 7.04. The summed E-state index contributed by atoms with van der Waals surface area (Å²) in [5.74, 6) is 0.0662. The van der Waals surface area contributed by atoms with Crippen molar-refractivity contribution >= 4 is 17.2 Å². The predicted octanol–water partition coefficient (Wildman–Crippen LogP) is 2.65. The van der Waals surface area contributed by atoms with Crippen molar-refractivity contribution < 1.29 is 4.79 Å². The fourth-order valence-corrected chi connectivity index (χ4v) is 2.77. The third-order valence-electron chi connectivity index (χ3n) is 3.08. The van der Waals surface area contributed by atoms with Crippen LogP contribution in [0.15, 0.2) is 11.4 Å². The van der Waals surface area contributed by atoms with E-state index < -0.39 is 0 Å². The number of nitrogens with zero attached hydrogens (tertiary/aromatic N) is 3. The maximum Gasteiger partial charge on any atom is 0.225 e. The Bertz CT molecular complexity index is 636. The average molecular weight is 306 g/mol. The Labute approximate surface area is 129 Å². The van der Waals surface area contributed by atoms with Gasteiger partial charge in [0.15, 0.2) is 0 Å². The second-order valence-corrected chi connectivity index (χ2v) is 7.05. The number of aryl methyl sites for hydroxylation is 2. The summed E-state index contributed by atoms with van der Waals surface area (Å²) in [6.07, 6.45) is 0.734. The Morgan fingerprint density at radius 2 is 2.10 bits per heavy atom. The van der Waals surface area contributed by atoms with Crippen LogP contribution in [0.1, 0.15) is 37.9 Å². The van der Waals surface area contributed by atoms with Crippen molar-refractivity contribution in [1.29, 1.82) is 0 Å². The summed E-state index contributed by atoms with van der Waals surface area (Å²) < 4.78 is 1.86. The van der Waals surface area contributed by atoms with Crippen LogP contribution in [0.25, 0.3) is 5.13 Å². The first-order valence-corrected chi connectivity index (χ1v) is 7.91. The van der Waals surface area contributed by atoms with Crippen molar-refractivity contribution in [3.05, 3.63) is 28.5 Å². The van der Waals surface area contributed by atoms with Gasteiger partial charge in [0, 0.05) is 29.5 Å². The highest BCUT2D eigenvalue weighted by atomic mass is 32.1. The maximum absolute atomic E-state index is 11.8. The van der Waals surface area contributed by atoms with Gasteiger partial charge in [0.05, 0.1) is 11.4 Å². The molecule has 2 aromatic heterocycles. The van der Waals surface area contributed by atoms with Crippen LogP contribution in [-0.4, -0.2) is 27.2 Å². The quantitative estimate of drug-likeness (QED) is 0.944. The molecule has 0 saturated carbocycles. The molecule has 0 aliphatic heterocycles. The zero-order chi connectivity index (χ0) is 15.6. The van der Waals surface area contributed by atoms with Crippen molar-refractivity contribution in [2.45, 2.75) is 41.0 Å². The van der Waals surface area contributed by atoms with E-state index in [2.05, 4.69) is 15.4 Å². The van der Waals surface area contributed by atoms with Gasteiger partial charge in [-0.1, -0.05) is 20.8 Å². The zero-order valence-corrected chi connectivity index (χ0v) is 14.0. The number of carbonyl (C=O) groups excluding carboxylic acids is 1. The zero-order valence-electron chi connectivity index (χ0n) is 13.2. The summed E-state index contributed by atoms with van der Waals surface area (Å²) in [6, 6.07) is 2.03. The Balaban J connectivity index is 1.95. The van der Waals surface area contributed by atoms with E-state index in [1.807, 2.05) is 50.7 Å². The minimum atomic E-state index is -0.350. The summed E-state index contributed by atoms with van der Waals surface area (Å²) >= 11 is 1.57. The third-order valence-corrected chi connectivity index (χ3v) is 3.94. The van der Waals surface area contributed by atoms with Gasteiger partial charge >= 0.3 is 0 Å². The van der Waals surface area contributed by atoms with Gasteiger partial charge in [0.2, 0.25) is 11.0 Å². The molecule has 5 nitrogen and oxygen atoms in total. The van der Waals surface area contributed by atoms with Crippen molar-refractivity contribution in [3.8, 4) is 5.13 Å². The van der Waals surface area contributed by atoms with Crippen molar-refractivity contribution in [1.82, 2.24) is 20.1 Å². The van der Waals surface area contributed by atoms with Crippen LogP contribution >= 0.6 is 11.3 Å². The number of amides is 1. The van der Waals surface area contributed by atoms with Crippen molar-refractivity contribution in [2.75, 3.05) is 6.54 Å². The molecule has 0 saturated heterocycles. The van der Waals surface area contributed by atoms with E-state index in [1.54, 1.807) is 11.3 Å². The second-order valence-electron chi connectivity index (χ2n) is 6.22. The molecule has 0 aliphatic rings. The van der Waals surface area contributed by atoms with E-state index in [0.29, 0.717) is 6.54 Å². The summed E-state index contributed by atoms with van der Waals surface area (Å²) in [5.41, 5.74) is 2.70. The molecule has 0 bridgehead atoms. The lowest BCUT2D eigenvalue weighted by molar-refractivity contribution is -0.128. The van der Waals surface area contributed by atoms with E-state index in [0.717, 1.165) is 28.6 Å². The number of hydrogen-bond donors (Lipinski definition) is 1. The number of aromatic nitrogens is 3. The standard InChI is InChI=1S/C15H22N4OS/c1-10-8-11(2)19(18-10)14-17-12(9-21-14)6-7-16-13(20)15(3,4)5/h8-9H,6-7H2,1-5H3,(H,16,20). The summed E-state index contributed by atoms with van der Waals surface area (Å²) in [7, 11) is 0. The SMILES string of the molecule is Cc1cc(C)n(-c2nc(CCNC(=O)C(C)(C)C)cs2)n1. The number of hydrogen-bond acceptors (Lipinski definition) is 4. The maximum atomic E-state index is 11.8. The van der Waals surface area contributed by atoms with Crippen LogP contribution in [-0.2, 0) is 11.2 Å². The third kappa shape index (κ3) is 3.91. The topological polar surface area (TPSA) is 59.8 Å². The minimum Gasteiger partial charge on any atom is -0.355 e. The van der Waals surface area contributed by atoms with Gasteiger partial charge in [-0.2, -0.15) is 5.10 Å². The smallest absolute Gasteiger partial charge is 0.225 e. The highest BCUT2D eigenvalue weighted by Gasteiger charge is 2.20. The molecule has 0 radical (unpaired) electrons. The summed E-state index contributed by atoms with van der Waals surface area (Å²) in [5, 5.41) is 10.3. The van der Waals surface area contributed by atoms with Gasteiger partial charge in [-0.05, 0) is 19.9 Å². The minimum absolute atomic E-state index is 0.0662. The first kappa shape index (κ1) is 15.7. The summed E-state index contributed by atoms with van der Waals surface area (Å²) in [6.45, 7) is 10.3. The molecule has 2 aromatic rings. The molecule has 1 amide bonds. The highest BCUT2D eigenvalue weighted by molar-refractivity contribution is 7.12. The molecule has 1 N–H and O–H groups in total. The van der Waals surface area contributed by atoms with Gasteiger partial charge < -0.3 is 5.32 Å². The second kappa shape index (κ2) is 5.97. The van der Waals surface area contributed by atoms with Gasteiger partial charge in [0.25, 0.3) is 0 Å². The van der Waals surface area contributed by atoms with E-state index in [9.17, 15) is 4.79 Å². The lowest BCUT2D eigenvalue weighted by Crippen LogP contribution is -2.35. The Kier molecular flexibility index (Phi) is 4.46.